The van der Waals surface area contributed by atoms with Crippen molar-refractivity contribution in [2.24, 2.45) is 0 Å². The molecule has 0 saturated carbocycles. The van der Waals surface area contributed by atoms with E-state index in [9.17, 15) is 13.2 Å². The van der Waals surface area contributed by atoms with Crippen LogP contribution in [0.3, 0.4) is 0 Å². The van der Waals surface area contributed by atoms with Crippen LogP contribution in [0, 0.1) is 0 Å². The van der Waals surface area contributed by atoms with Gasteiger partial charge in [0.2, 0.25) is 10.0 Å². The minimum atomic E-state index is -3.53. The second-order valence-electron chi connectivity index (χ2n) is 7.61. The van der Waals surface area contributed by atoms with Gasteiger partial charge in [-0.1, -0.05) is 18.2 Å². The number of carbonyl (C=O) groups excluding carboxylic acids is 1. The quantitative estimate of drug-likeness (QED) is 0.754. The van der Waals surface area contributed by atoms with Gasteiger partial charge in [-0.3, -0.25) is 4.79 Å². The molecule has 2 aromatic rings. The number of ether oxygens (including phenoxy) is 1. The minimum absolute atomic E-state index is 0.0662. The predicted octanol–water partition coefficient (Wildman–Crippen LogP) is 2.47. The Kier molecular flexibility index (Phi) is 5.72. The fourth-order valence-electron chi connectivity index (χ4n) is 4.08. The Labute approximate surface area is 172 Å². The molecule has 0 atom stereocenters. The van der Waals surface area contributed by atoms with E-state index < -0.39 is 10.0 Å². The molecule has 0 aromatic heterocycles. The van der Waals surface area contributed by atoms with E-state index in [0.29, 0.717) is 43.2 Å². The average molecular weight is 415 g/mol. The van der Waals surface area contributed by atoms with Crippen LogP contribution in [0.4, 0.5) is 0 Å². The standard InChI is InChI=1S/C22H26N2O4S/c1-28-16-17-5-7-19(8-6-17)22(25)23-11-13-24(14-12-23)29(26,27)21-10-9-18-3-2-4-20(18)15-21/h5-10,15H,2-4,11-14,16H2,1H3. The third kappa shape index (κ3) is 4.08. The van der Waals surface area contributed by atoms with Gasteiger partial charge in [0.05, 0.1) is 11.5 Å². The highest BCUT2D eigenvalue weighted by molar-refractivity contribution is 7.89. The van der Waals surface area contributed by atoms with Crippen molar-refractivity contribution < 1.29 is 17.9 Å². The van der Waals surface area contributed by atoms with Crippen LogP contribution < -0.4 is 0 Å². The molecule has 0 radical (unpaired) electrons. The van der Waals surface area contributed by atoms with Crippen LogP contribution in [-0.4, -0.2) is 56.8 Å². The lowest BCUT2D eigenvalue weighted by molar-refractivity contribution is 0.0698. The molecule has 29 heavy (non-hydrogen) atoms. The average Bonchev–Trinajstić information content (AvgIpc) is 3.22. The summed E-state index contributed by atoms with van der Waals surface area (Å²) in [7, 11) is -1.89. The number of hydrogen-bond donors (Lipinski definition) is 0. The number of methoxy groups -OCH3 is 1. The van der Waals surface area contributed by atoms with Crippen molar-refractivity contribution in [3.05, 3.63) is 64.7 Å². The van der Waals surface area contributed by atoms with Crippen molar-refractivity contribution in [3.8, 4) is 0 Å². The van der Waals surface area contributed by atoms with Crippen LogP contribution in [-0.2, 0) is 34.2 Å². The van der Waals surface area contributed by atoms with Gasteiger partial charge >= 0.3 is 0 Å². The molecular weight excluding hydrogens is 388 g/mol. The number of sulfonamides is 1. The van der Waals surface area contributed by atoms with E-state index in [2.05, 4.69) is 0 Å². The van der Waals surface area contributed by atoms with Crippen LogP contribution in [0.15, 0.2) is 47.4 Å². The van der Waals surface area contributed by atoms with Crippen LogP contribution in [0.5, 0.6) is 0 Å². The molecular formula is C22H26N2O4S. The summed E-state index contributed by atoms with van der Waals surface area (Å²) in [4.78, 5) is 14.8. The molecule has 4 rings (SSSR count). The Morgan fingerprint density at radius 2 is 1.66 bits per heavy atom. The van der Waals surface area contributed by atoms with E-state index in [1.807, 2.05) is 24.3 Å². The maximum Gasteiger partial charge on any atom is 0.253 e. The van der Waals surface area contributed by atoms with Gasteiger partial charge in [-0.25, -0.2) is 8.42 Å². The first kappa shape index (κ1) is 20.1. The van der Waals surface area contributed by atoms with Gasteiger partial charge in [-0.2, -0.15) is 4.31 Å². The van der Waals surface area contributed by atoms with Crippen molar-refractivity contribution >= 4 is 15.9 Å². The van der Waals surface area contributed by atoms with Gasteiger partial charge in [0.25, 0.3) is 5.91 Å². The molecule has 1 saturated heterocycles. The number of benzene rings is 2. The fourth-order valence-corrected chi connectivity index (χ4v) is 5.56. The summed E-state index contributed by atoms with van der Waals surface area (Å²) in [6.45, 7) is 1.92. The Morgan fingerprint density at radius 3 is 2.34 bits per heavy atom. The second-order valence-corrected chi connectivity index (χ2v) is 9.55. The third-order valence-electron chi connectivity index (χ3n) is 5.75. The summed E-state index contributed by atoms with van der Waals surface area (Å²) in [5.74, 6) is -0.0662. The van der Waals surface area contributed by atoms with E-state index in [4.69, 9.17) is 4.74 Å². The number of carbonyl (C=O) groups is 1. The highest BCUT2D eigenvalue weighted by Crippen LogP contribution is 2.27. The Morgan fingerprint density at radius 1 is 0.966 bits per heavy atom. The molecule has 2 aromatic carbocycles. The second kappa shape index (κ2) is 8.26. The smallest absolute Gasteiger partial charge is 0.253 e. The zero-order valence-corrected chi connectivity index (χ0v) is 17.5. The van der Waals surface area contributed by atoms with E-state index in [0.717, 1.165) is 30.4 Å². The Bertz CT molecular complexity index is 994. The van der Waals surface area contributed by atoms with E-state index in [1.165, 1.54) is 9.87 Å². The van der Waals surface area contributed by atoms with Crippen LogP contribution >= 0.6 is 0 Å². The topological polar surface area (TPSA) is 66.9 Å². The number of fused-ring (bicyclic) bond motifs is 1. The predicted molar refractivity (Wildman–Crippen MR) is 110 cm³/mol. The SMILES string of the molecule is COCc1ccc(C(=O)N2CCN(S(=O)(=O)c3ccc4c(c3)CCC4)CC2)cc1. The van der Waals surface area contributed by atoms with E-state index in [1.54, 1.807) is 30.2 Å². The molecule has 0 N–H and O–H groups in total. The van der Waals surface area contributed by atoms with Gasteiger partial charge < -0.3 is 9.64 Å². The number of nitrogens with zero attached hydrogens (tertiary/aromatic N) is 2. The monoisotopic (exact) mass is 414 g/mol. The van der Waals surface area contributed by atoms with Crippen LogP contribution in [0.2, 0.25) is 0 Å². The van der Waals surface area contributed by atoms with E-state index >= 15 is 0 Å². The number of hydrogen-bond acceptors (Lipinski definition) is 4. The molecule has 0 bridgehead atoms. The summed E-state index contributed by atoms with van der Waals surface area (Å²) >= 11 is 0. The molecule has 1 heterocycles. The van der Waals surface area contributed by atoms with Crippen molar-refractivity contribution in [2.45, 2.75) is 30.8 Å². The first-order valence-corrected chi connectivity index (χ1v) is 11.4. The summed E-state index contributed by atoms with van der Waals surface area (Å²) in [6.07, 6.45) is 3.07. The number of aryl methyl sites for hydroxylation is 2. The first-order valence-electron chi connectivity index (χ1n) is 9.98. The molecule has 6 nitrogen and oxygen atoms in total. The van der Waals surface area contributed by atoms with Crippen LogP contribution in [0.1, 0.15) is 33.5 Å². The summed E-state index contributed by atoms with van der Waals surface area (Å²) < 4.78 is 32.7. The molecule has 154 valence electrons. The van der Waals surface area contributed by atoms with Gasteiger partial charge in [-0.05, 0) is 60.2 Å². The number of rotatable bonds is 5. The zero-order chi connectivity index (χ0) is 20.4. The molecule has 0 unspecified atom stereocenters. The maximum absolute atomic E-state index is 13.0. The summed E-state index contributed by atoms with van der Waals surface area (Å²) in [5, 5.41) is 0. The van der Waals surface area contributed by atoms with Crippen molar-refractivity contribution in [3.63, 3.8) is 0 Å². The molecule has 7 heteroatoms. The lowest BCUT2D eigenvalue weighted by Crippen LogP contribution is -2.50. The minimum Gasteiger partial charge on any atom is -0.380 e. The Balaban J connectivity index is 1.41. The fraction of sp³-hybridized carbons (Fsp3) is 0.409. The lowest BCUT2D eigenvalue weighted by Gasteiger charge is -2.34. The maximum atomic E-state index is 13.0. The highest BCUT2D eigenvalue weighted by atomic mass is 32.2. The highest BCUT2D eigenvalue weighted by Gasteiger charge is 2.31. The van der Waals surface area contributed by atoms with Gasteiger partial charge in [0, 0.05) is 38.9 Å². The molecule has 1 aliphatic heterocycles. The summed E-state index contributed by atoms with van der Waals surface area (Å²) in [6, 6.07) is 12.9. The number of piperazine rings is 1. The van der Waals surface area contributed by atoms with Crippen molar-refractivity contribution in [2.75, 3.05) is 33.3 Å². The van der Waals surface area contributed by atoms with E-state index in [-0.39, 0.29) is 5.91 Å². The van der Waals surface area contributed by atoms with Crippen molar-refractivity contribution in [1.29, 1.82) is 0 Å². The normalized spacial score (nSPS) is 17.3. The third-order valence-corrected chi connectivity index (χ3v) is 7.64. The molecule has 1 fully saturated rings. The Hall–Kier alpha value is -2.22. The van der Waals surface area contributed by atoms with Crippen molar-refractivity contribution in [1.82, 2.24) is 9.21 Å². The largest absolute Gasteiger partial charge is 0.380 e. The first-order chi connectivity index (χ1) is 14.0. The number of amides is 1. The molecule has 2 aliphatic rings. The van der Waals surface area contributed by atoms with Crippen LogP contribution in [0.25, 0.3) is 0 Å². The lowest BCUT2D eigenvalue weighted by atomic mass is 10.1. The van der Waals surface area contributed by atoms with Gasteiger partial charge in [-0.15, -0.1) is 0 Å². The molecule has 1 amide bonds. The van der Waals surface area contributed by atoms with Gasteiger partial charge in [0.1, 0.15) is 0 Å². The molecule has 0 spiro atoms. The summed E-state index contributed by atoms with van der Waals surface area (Å²) in [5.41, 5.74) is 4.03. The molecule has 1 aliphatic carbocycles. The van der Waals surface area contributed by atoms with Gasteiger partial charge in [0.15, 0.2) is 0 Å². The zero-order valence-electron chi connectivity index (χ0n) is 16.6.